The van der Waals surface area contributed by atoms with Crippen molar-refractivity contribution in [2.24, 2.45) is 7.05 Å². The predicted octanol–water partition coefficient (Wildman–Crippen LogP) is 0.679. The molecule has 0 fully saturated rings. The number of hydrogen-bond donors (Lipinski definition) is 2. The van der Waals surface area contributed by atoms with Crippen molar-refractivity contribution in [2.75, 3.05) is 12.4 Å². The number of carboxylic acid groups (broad SMARTS) is 1. The number of nitrogens with one attached hydrogen (secondary N) is 1. The van der Waals surface area contributed by atoms with Gasteiger partial charge in [-0.3, -0.25) is 19.1 Å². The number of aromatic nitrogens is 4. The number of carboxylic acids is 1. The minimum atomic E-state index is -1.00. The number of fused-ring (bicyclic) bond motifs is 1. The molecule has 0 saturated heterocycles. The van der Waals surface area contributed by atoms with Gasteiger partial charge < -0.3 is 14.4 Å². The molecule has 0 atom stereocenters. The molecule has 2 heterocycles. The summed E-state index contributed by atoms with van der Waals surface area (Å²) < 4.78 is 8.44. The van der Waals surface area contributed by atoms with Gasteiger partial charge in [-0.2, -0.15) is 0 Å². The Morgan fingerprint density at radius 2 is 2.04 bits per heavy atom. The third-order valence-electron chi connectivity index (χ3n) is 3.62. The number of H-pyrrole nitrogens is 1. The van der Waals surface area contributed by atoms with E-state index < -0.39 is 17.2 Å². The molecule has 0 aliphatic carbocycles. The summed E-state index contributed by atoms with van der Waals surface area (Å²) in [6.45, 7) is 0.521. The Labute approximate surface area is 151 Å². The molecule has 0 aliphatic rings. The van der Waals surface area contributed by atoms with Crippen LogP contribution >= 0.6 is 11.8 Å². The number of ether oxygens (including phenoxy) is 1. The van der Waals surface area contributed by atoms with Crippen molar-refractivity contribution in [3.05, 3.63) is 51.2 Å². The van der Waals surface area contributed by atoms with Crippen molar-refractivity contribution in [3.63, 3.8) is 0 Å². The van der Waals surface area contributed by atoms with Crippen molar-refractivity contribution < 1.29 is 14.6 Å². The molecule has 0 radical (unpaired) electrons. The first-order chi connectivity index (χ1) is 12.5. The van der Waals surface area contributed by atoms with Crippen molar-refractivity contribution in [2.45, 2.75) is 11.7 Å². The molecule has 136 valence electrons. The molecule has 3 aromatic rings. The van der Waals surface area contributed by atoms with E-state index in [-0.39, 0.29) is 30.1 Å². The van der Waals surface area contributed by atoms with Gasteiger partial charge in [-0.05, 0) is 12.1 Å². The Morgan fingerprint density at radius 1 is 1.31 bits per heavy atom. The van der Waals surface area contributed by atoms with Gasteiger partial charge in [-0.15, -0.1) is 0 Å². The van der Waals surface area contributed by atoms with Crippen molar-refractivity contribution in [1.29, 1.82) is 0 Å². The van der Waals surface area contributed by atoms with Crippen LogP contribution in [0.2, 0.25) is 0 Å². The fourth-order valence-electron chi connectivity index (χ4n) is 2.43. The van der Waals surface area contributed by atoms with Crippen LogP contribution in [0.1, 0.15) is 0 Å². The summed E-state index contributed by atoms with van der Waals surface area (Å²) in [5, 5.41) is 9.25. The molecule has 0 amide bonds. The number of aromatic amines is 1. The van der Waals surface area contributed by atoms with Crippen molar-refractivity contribution in [1.82, 2.24) is 19.1 Å². The summed E-state index contributed by atoms with van der Waals surface area (Å²) in [5.74, 6) is -0.538. The number of nitrogens with zero attached hydrogens (tertiary/aromatic N) is 3. The monoisotopic (exact) mass is 376 g/mol. The van der Waals surface area contributed by atoms with Gasteiger partial charge >= 0.3 is 11.7 Å². The zero-order valence-corrected chi connectivity index (χ0v) is 14.7. The maximum atomic E-state index is 12.3. The molecule has 0 aliphatic heterocycles. The van der Waals surface area contributed by atoms with Crippen LogP contribution in [-0.2, 0) is 18.4 Å². The van der Waals surface area contributed by atoms with Crippen LogP contribution in [0, 0.1) is 0 Å². The van der Waals surface area contributed by atoms with Gasteiger partial charge in [0.05, 0.1) is 12.3 Å². The lowest BCUT2D eigenvalue weighted by atomic mass is 10.3. The summed E-state index contributed by atoms with van der Waals surface area (Å²) in [5.41, 5.74) is -0.747. The van der Waals surface area contributed by atoms with E-state index in [0.717, 1.165) is 11.8 Å². The van der Waals surface area contributed by atoms with Crippen LogP contribution in [0.4, 0.5) is 0 Å². The van der Waals surface area contributed by atoms with Gasteiger partial charge in [-0.1, -0.05) is 30.0 Å². The van der Waals surface area contributed by atoms with Gasteiger partial charge in [0.1, 0.15) is 12.4 Å². The summed E-state index contributed by atoms with van der Waals surface area (Å²) in [6.07, 6.45) is 0. The average Bonchev–Trinajstić information content (AvgIpc) is 2.98. The number of para-hydroxylation sites is 1. The van der Waals surface area contributed by atoms with E-state index in [2.05, 4.69) is 9.97 Å². The smallest absolute Gasteiger partial charge is 0.329 e. The zero-order valence-electron chi connectivity index (χ0n) is 13.8. The lowest BCUT2D eigenvalue weighted by Crippen LogP contribution is -2.29. The fraction of sp³-hybridized carbons (Fsp3) is 0.250. The van der Waals surface area contributed by atoms with Gasteiger partial charge in [0, 0.05) is 7.05 Å². The molecule has 0 saturated carbocycles. The van der Waals surface area contributed by atoms with Crippen molar-refractivity contribution in [3.8, 4) is 5.75 Å². The third-order valence-corrected chi connectivity index (χ3v) is 4.58. The maximum Gasteiger partial charge on any atom is 0.329 e. The summed E-state index contributed by atoms with van der Waals surface area (Å²) in [6, 6.07) is 9.18. The largest absolute Gasteiger partial charge is 0.492 e. The molecular formula is C16H16N4O5S. The molecule has 0 spiro atoms. The quantitative estimate of drug-likeness (QED) is 0.582. The highest BCUT2D eigenvalue weighted by Crippen LogP contribution is 2.21. The molecule has 2 N–H and O–H groups in total. The predicted molar refractivity (Wildman–Crippen MR) is 95.9 cm³/mol. The number of rotatable bonds is 7. The highest BCUT2D eigenvalue weighted by atomic mass is 32.2. The van der Waals surface area contributed by atoms with E-state index in [1.54, 1.807) is 4.57 Å². The Bertz CT molecular complexity index is 1050. The standard InChI is InChI=1S/C16H16N4O5S/c1-19-13-12(14(23)18-15(19)24)20(16(17-13)26-9-11(21)22)7-8-25-10-5-3-2-4-6-10/h2-6H,7-9H2,1H3,(H,21,22)(H,18,23,24). The first-order valence-corrected chi connectivity index (χ1v) is 8.68. The van der Waals surface area contributed by atoms with Crippen LogP contribution in [0.15, 0.2) is 45.1 Å². The molecule has 26 heavy (non-hydrogen) atoms. The van der Waals surface area contributed by atoms with Crippen LogP contribution < -0.4 is 16.0 Å². The number of hydrogen-bond acceptors (Lipinski definition) is 6. The number of aliphatic carboxylic acids is 1. The number of aryl methyl sites for hydroxylation is 1. The zero-order chi connectivity index (χ0) is 18.7. The topological polar surface area (TPSA) is 119 Å². The molecule has 10 heteroatoms. The highest BCUT2D eigenvalue weighted by Gasteiger charge is 2.18. The van der Waals surface area contributed by atoms with E-state index in [1.165, 1.54) is 11.6 Å². The van der Waals surface area contributed by atoms with Gasteiger partial charge in [0.15, 0.2) is 16.3 Å². The Hall–Kier alpha value is -3.01. The Balaban J connectivity index is 1.96. The second-order valence-corrected chi connectivity index (χ2v) is 6.32. The molecule has 0 bridgehead atoms. The number of thioether (sulfide) groups is 1. The van der Waals surface area contributed by atoms with E-state index in [9.17, 15) is 14.4 Å². The molecular weight excluding hydrogens is 360 g/mol. The van der Waals surface area contributed by atoms with E-state index in [1.807, 2.05) is 30.3 Å². The van der Waals surface area contributed by atoms with Crippen LogP contribution in [0.5, 0.6) is 5.75 Å². The summed E-state index contributed by atoms with van der Waals surface area (Å²) in [4.78, 5) is 41.4. The Morgan fingerprint density at radius 3 is 2.73 bits per heavy atom. The van der Waals surface area contributed by atoms with Crippen LogP contribution in [-0.4, -0.2) is 42.5 Å². The second-order valence-electron chi connectivity index (χ2n) is 5.38. The third kappa shape index (κ3) is 3.64. The van der Waals surface area contributed by atoms with Gasteiger partial charge in [-0.25, -0.2) is 9.78 Å². The summed E-state index contributed by atoms with van der Waals surface area (Å²) in [7, 11) is 1.49. The van der Waals surface area contributed by atoms with Crippen molar-refractivity contribution >= 4 is 28.9 Å². The first-order valence-electron chi connectivity index (χ1n) is 7.69. The number of benzene rings is 1. The van der Waals surface area contributed by atoms with Gasteiger partial charge in [0.25, 0.3) is 5.56 Å². The molecule has 9 nitrogen and oxygen atoms in total. The number of imidazole rings is 1. The van der Waals surface area contributed by atoms with E-state index in [4.69, 9.17) is 9.84 Å². The van der Waals surface area contributed by atoms with Crippen LogP contribution in [0.3, 0.4) is 0 Å². The van der Waals surface area contributed by atoms with E-state index >= 15 is 0 Å². The van der Waals surface area contributed by atoms with Crippen LogP contribution in [0.25, 0.3) is 11.2 Å². The second kappa shape index (κ2) is 7.48. The first kappa shape index (κ1) is 17.8. The highest BCUT2D eigenvalue weighted by molar-refractivity contribution is 7.99. The molecule has 2 aromatic heterocycles. The minimum absolute atomic E-state index is 0.200. The lowest BCUT2D eigenvalue weighted by molar-refractivity contribution is -0.133. The maximum absolute atomic E-state index is 12.3. The number of carbonyl (C=O) groups is 1. The molecule has 3 rings (SSSR count). The fourth-order valence-corrected chi connectivity index (χ4v) is 3.17. The summed E-state index contributed by atoms with van der Waals surface area (Å²) >= 11 is 0.979. The Kier molecular flexibility index (Phi) is 5.12. The minimum Gasteiger partial charge on any atom is -0.492 e. The lowest BCUT2D eigenvalue weighted by Gasteiger charge is -2.09. The van der Waals surface area contributed by atoms with Gasteiger partial charge in [0.2, 0.25) is 0 Å². The molecule has 1 aromatic carbocycles. The SMILES string of the molecule is Cn1c(=O)[nH]c(=O)c2c1nc(SCC(=O)O)n2CCOc1ccccc1. The normalized spacial score (nSPS) is 11.0. The van der Waals surface area contributed by atoms with E-state index in [0.29, 0.717) is 10.9 Å². The average molecular weight is 376 g/mol. The molecule has 0 unspecified atom stereocenters.